The maximum absolute atomic E-state index is 13.6. The summed E-state index contributed by atoms with van der Waals surface area (Å²) in [7, 11) is 1.57. The van der Waals surface area contributed by atoms with E-state index in [1.54, 1.807) is 19.2 Å². The first-order chi connectivity index (χ1) is 15.5. The summed E-state index contributed by atoms with van der Waals surface area (Å²) in [6.07, 6.45) is 2.07. The van der Waals surface area contributed by atoms with E-state index >= 15 is 0 Å². The molecule has 0 bridgehead atoms. The van der Waals surface area contributed by atoms with E-state index in [2.05, 4.69) is 10.6 Å². The van der Waals surface area contributed by atoms with Crippen molar-refractivity contribution in [2.45, 2.75) is 39.0 Å². The molecule has 0 aromatic heterocycles. The molecule has 0 saturated heterocycles. The molecule has 0 saturated carbocycles. The van der Waals surface area contributed by atoms with Gasteiger partial charge in [-0.05, 0) is 44.9 Å². The van der Waals surface area contributed by atoms with Crippen molar-refractivity contribution < 1.29 is 19.1 Å². The second kappa shape index (κ2) is 9.30. The maximum Gasteiger partial charge on any atom is 0.254 e. The van der Waals surface area contributed by atoms with Crippen molar-refractivity contribution >= 4 is 17.4 Å². The van der Waals surface area contributed by atoms with Crippen LogP contribution in [0.15, 0.2) is 71.1 Å². The van der Waals surface area contributed by atoms with Crippen LogP contribution in [0.5, 0.6) is 11.5 Å². The van der Waals surface area contributed by atoms with Gasteiger partial charge in [0.25, 0.3) is 5.91 Å². The molecule has 2 aromatic rings. The number of dihydropyridines is 1. The minimum absolute atomic E-state index is 0.0742. The Bertz CT molecular complexity index is 1120. The highest BCUT2D eigenvalue weighted by atomic mass is 16.5. The SMILES string of the molecule is CCOc1ccccc1[C@@H]1C(C(=O)Nc2ccccc2OC)=C(C)NC2=C1C(=O)CCC2. The van der Waals surface area contributed by atoms with Gasteiger partial charge >= 0.3 is 0 Å². The van der Waals surface area contributed by atoms with Gasteiger partial charge in [-0.25, -0.2) is 0 Å². The van der Waals surface area contributed by atoms with Gasteiger partial charge in [0.05, 0.1) is 25.3 Å². The molecule has 1 aliphatic heterocycles. The summed E-state index contributed by atoms with van der Waals surface area (Å²) in [4.78, 5) is 26.7. The maximum atomic E-state index is 13.6. The van der Waals surface area contributed by atoms with Gasteiger partial charge in [0.15, 0.2) is 5.78 Å². The van der Waals surface area contributed by atoms with E-state index < -0.39 is 5.92 Å². The summed E-state index contributed by atoms with van der Waals surface area (Å²) < 4.78 is 11.3. The average Bonchev–Trinajstić information content (AvgIpc) is 2.79. The Morgan fingerprint density at radius 2 is 1.81 bits per heavy atom. The fraction of sp³-hybridized carbons (Fsp3) is 0.308. The first-order valence-corrected chi connectivity index (χ1v) is 10.9. The highest BCUT2D eigenvalue weighted by Gasteiger charge is 2.39. The van der Waals surface area contributed by atoms with Gasteiger partial charge in [-0.2, -0.15) is 0 Å². The van der Waals surface area contributed by atoms with Crippen molar-refractivity contribution in [1.82, 2.24) is 5.32 Å². The second-order valence-electron chi connectivity index (χ2n) is 7.89. The molecule has 1 aliphatic carbocycles. The summed E-state index contributed by atoms with van der Waals surface area (Å²) in [5, 5.41) is 6.34. The van der Waals surface area contributed by atoms with Crippen LogP contribution in [-0.2, 0) is 9.59 Å². The van der Waals surface area contributed by atoms with Crippen molar-refractivity contribution in [1.29, 1.82) is 0 Å². The number of amides is 1. The minimum Gasteiger partial charge on any atom is -0.495 e. The van der Waals surface area contributed by atoms with Gasteiger partial charge < -0.3 is 20.1 Å². The molecule has 2 aromatic carbocycles. The Morgan fingerprint density at radius 3 is 2.56 bits per heavy atom. The Morgan fingerprint density at radius 1 is 1.09 bits per heavy atom. The number of carbonyl (C=O) groups excluding carboxylic acids is 2. The molecular weight excluding hydrogens is 404 g/mol. The zero-order valence-electron chi connectivity index (χ0n) is 18.7. The molecule has 4 rings (SSSR count). The third kappa shape index (κ3) is 4.00. The van der Waals surface area contributed by atoms with Crippen LogP contribution in [-0.4, -0.2) is 25.4 Å². The third-order valence-electron chi connectivity index (χ3n) is 5.91. The fourth-order valence-electron chi connectivity index (χ4n) is 4.54. The van der Waals surface area contributed by atoms with Crippen molar-refractivity contribution in [3.05, 3.63) is 76.6 Å². The summed E-state index contributed by atoms with van der Waals surface area (Å²) in [5.74, 6) is 0.549. The molecule has 0 unspecified atom stereocenters. The van der Waals surface area contributed by atoms with Crippen LogP contribution in [0, 0.1) is 0 Å². The summed E-state index contributed by atoms with van der Waals surface area (Å²) in [6.45, 7) is 4.30. The van der Waals surface area contributed by atoms with E-state index in [0.29, 0.717) is 41.4 Å². The number of hydrogen-bond donors (Lipinski definition) is 2. The number of hydrogen-bond acceptors (Lipinski definition) is 5. The predicted molar refractivity (Wildman–Crippen MR) is 124 cm³/mol. The number of carbonyl (C=O) groups is 2. The van der Waals surface area contributed by atoms with E-state index in [9.17, 15) is 9.59 Å². The summed E-state index contributed by atoms with van der Waals surface area (Å²) in [5.41, 5.74) is 4.22. The number of methoxy groups -OCH3 is 1. The lowest BCUT2D eigenvalue weighted by Crippen LogP contribution is -2.35. The first-order valence-electron chi connectivity index (χ1n) is 10.9. The van der Waals surface area contributed by atoms with Gasteiger partial charge in [0, 0.05) is 34.5 Å². The molecular formula is C26H28N2O4. The first kappa shape index (κ1) is 21.7. The van der Waals surface area contributed by atoms with Gasteiger partial charge in [-0.15, -0.1) is 0 Å². The molecule has 6 heteroatoms. The Hall–Kier alpha value is -3.54. The van der Waals surface area contributed by atoms with Crippen LogP contribution < -0.4 is 20.1 Å². The molecule has 6 nitrogen and oxygen atoms in total. The van der Waals surface area contributed by atoms with E-state index in [-0.39, 0.29) is 11.7 Å². The summed E-state index contributed by atoms with van der Waals surface area (Å²) >= 11 is 0. The van der Waals surface area contributed by atoms with Crippen molar-refractivity contribution in [2.24, 2.45) is 0 Å². The molecule has 0 fully saturated rings. The van der Waals surface area contributed by atoms with Gasteiger partial charge in [-0.3, -0.25) is 9.59 Å². The molecule has 2 N–H and O–H groups in total. The van der Waals surface area contributed by atoms with Crippen molar-refractivity contribution in [2.75, 3.05) is 19.0 Å². The number of rotatable bonds is 6. The normalized spacial score (nSPS) is 18.1. The van der Waals surface area contributed by atoms with Crippen LogP contribution in [0.1, 0.15) is 44.6 Å². The number of ether oxygens (including phenoxy) is 2. The molecule has 166 valence electrons. The molecule has 0 spiro atoms. The van der Waals surface area contributed by atoms with Crippen LogP contribution in [0.2, 0.25) is 0 Å². The number of Topliss-reactive ketones (excluding diaryl/α,β-unsaturated/α-hetero) is 1. The Labute approximate surface area is 188 Å². The van der Waals surface area contributed by atoms with Gasteiger partial charge in [0.2, 0.25) is 0 Å². The number of allylic oxidation sites excluding steroid dienone is 3. The molecule has 0 radical (unpaired) electrons. The minimum atomic E-state index is -0.503. The number of ketones is 1. The van der Waals surface area contributed by atoms with E-state index in [0.717, 1.165) is 29.8 Å². The number of nitrogens with one attached hydrogen (secondary N) is 2. The summed E-state index contributed by atoms with van der Waals surface area (Å²) in [6, 6.07) is 14.9. The monoisotopic (exact) mass is 432 g/mol. The zero-order valence-corrected chi connectivity index (χ0v) is 18.7. The number of para-hydroxylation sites is 3. The van der Waals surface area contributed by atoms with Crippen LogP contribution >= 0.6 is 0 Å². The topological polar surface area (TPSA) is 76.7 Å². The van der Waals surface area contributed by atoms with E-state index in [1.807, 2.05) is 50.2 Å². The molecule has 1 heterocycles. The molecule has 1 atom stereocenters. The number of anilines is 1. The molecule has 1 amide bonds. The lowest BCUT2D eigenvalue weighted by molar-refractivity contribution is -0.116. The highest BCUT2D eigenvalue weighted by Crippen LogP contribution is 2.45. The van der Waals surface area contributed by atoms with E-state index in [4.69, 9.17) is 9.47 Å². The predicted octanol–water partition coefficient (Wildman–Crippen LogP) is 4.70. The van der Waals surface area contributed by atoms with Gasteiger partial charge in [0.1, 0.15) is 11.5 Å². The van der Waals surface area contributed by atoms with Crippen LogP contribution in [0.3, 0.4) is 0 Å². The zero-order chi connectivity index (χ0) is 22.7. The lowest BCUT2D eigenvalue weighted by atomic mass is 9.74. The Kier molecular flexibility index (Phi) is 6.30. The lowest BCUT2D eigenvalue weighted by Gasteiger charge is -2.35. The molecule has 2 aliphatic rings. The van der Waals surface area contributed by atoms with Crippen LogP contribution in [0.25, 0.3) is 0 Å². The van der Waals surface area contributed by atoms with Crippen LogP contribution in [0.4, 0.5) is 5.69 Å². The standard InChI is InChI=1S/C26H28N2O4/c1-4-32-21-14-7-5-10-17(21)24-23(16(2)27-19-12-9-13-20(29)25(19)24)26(30)28-18-11-6-8-15-22(18)31-3/h5-8,10-11,14-15,24,27H,4,9,12-13H2,1-3H3,(H,28,30)/t24-/m1/s1. The smallest absolute Gasteiger partial charge is 0.254 e. The quantitative estimate of drug-likeness (QED) is 0.692. The number of benzene rings is 2. The third-order valence-corrected chi connectivity index (χ3v) is 5.91. The molecule has 32 heavy (non-hydrogen) atoms. The fourth-order valence-corrected chi connectivity index (χ4v) is 4.54. The Balaban J connectivity index is 1.83. The van der Waals surface area contributed by atoms with Gasteiger partial charge in [-0.1, -0.05) is 30.3 Å². The van der Waals surface area contributed by atoms with E-state index in [1.165, 1.54) is 0 Å². The largest absolute Gasteiger partial charge is 0.495 e. The highest BCUT2D eigenvalue weighted by molar-refractivity contribution is 6.10. The second-order valence-corrected chi connectivity index (χ2v) is 7.89. The van der Waals surface area contributed by atoms with Crippen molar-refractivity contribution in [3.63, 3.8) is 0 Å². The van der Waals surface area contributed by atoms with Crippen molar-refractivity contribution in [3.8, 4) is 11.5 Å². The average molecular weight is 433 g/mol.